The van der Waals surface area contributed by atoms with Crippen molar-refractivity contribution in [2.45, 2.75) is 53.6 Å². The van der Waals surface area contributed by atoms with Crippen LogP contribution >= 0.6 is 0 Å². The van der Waals surface area contributed by atoms with Gasteiger partial charge in [0.1, 0.15) is 6.10 Å². The molecule has 34 heavy (non-hydrogen) atoms. The van der Waals surface area contributed by atoms with Crippen LogP contribution in [-0.4, -0.2) is 41.4 Å². The Labute approximate surface area is 201 Å². The zero-order valence-corrected chi connectivity index (χ0v) is 20.9. The number of nitrogens with zero attached hydrogens (tertiary/aromatic N) is 1. The Morgan fingerprint density at radius 2 is 1.65 bits per heavy atom. The second kappa shape index (κ2) is 10.3. The predicted octanol–water partition coefficient (Wildman–Crippen LogP) is 4.63. The molecule has 1 aromatic heterocycles. The van der Waals surface area contributed by atoms with Crippen LogP contribution in [0, 0.1) is 19.8 Å². The van der Waals surface area contributed by atoms with Crippen LogP contribution in [0.5, 0.6) is 0 Å². The van der Waals surface area contributed by atoms with E-state index >= 15 is 0 Å². The maximum Gasteiger partial charge on any atom is 0.337 e. The van der Waals surface area contributed by atoms with E-state index in [1.807, 2.05) is 64.1 Å². The molecule has 1 aliphatic rings. The summed E-state index contributed by atoms with van der Waals surface area (Å²) in [4.78, 5) is 25.9. The molecule has 1 aromatic carbocycles. The minimum Gasteiger partial charge on any atom is -0.478 e. The molecule has 3 rings (SSSR count). The summed E-state index contributed by atoms with van der Waals surface area (Å²) < 4.78 is 13.2. The molecule has 0 bridgehead atoms. The van der Waals surface area contributed by atoms with Crippen LogP contribution < -0.4 is 5.32 Å². The number of nitrogens with one attached hydrogen (secondary N) is 1. The van der Waals surface area contributed by atoms with Gasteiger partial charge in [-0.15, -0.1) is 0 Å². The molecule has 0 radical (unpaired) electrons. The molecule has 2 heterocycles. The average Bonchev–Trinajstić information content (AvgIpc) is 3.10. The maximum absolute atomic E-state index is 13.5. The first-order valence-electron chi connectivity index (χ1n) is 11.4. The molecule has 1 aliphatic heterocycles. The number of carbonyl (C=O) groups excluding carboxylic acids is 1. The van der Waals surface area contributed by atoms with Gasteiger partial charge >= 0.3 is 11.9 Å². The summed E-state index contributed by atoms with van der Waals surface area (Å²) in [5.41, 5.74) is 5.25. The fourth-order valence-electron chi connectivity index (χ4n) is 4.53. The molecule has 0 amide bonds. The van der Waals surface area contributed by atoms with Crippen molar-refractivity contribution in [3.05, 3.63) is 75.9 Å². The van der Waals surface area contributed by atoms with Crippen molar-refractivity contribution in [3.8, 4) is 5.69 Å². The third-order valence-electron chi connectivity index (χ3n) is 6.28. The largest absolute Gasteiger partial charge is 0.478 e. The fraction of sp³-hybridized carbons (Fsp3) is 0.407. The molecule has 2 unspecified atom stereocenters. The number of benzene rings is 1. The summed E-state index contributed by atoms with van der Waals surface area (Å²) in [5, 5.41) is 13.2. The van der Waals surface area contributed by atoms with Crippen LogP contribution in [0.2, 0.25) is 0 Å². The zero-order valence-electron chi connectivity index (χ0n) is 20.9. The van der Waals surface area contributed by atoms with Gasteiger partial charge in [0.05, 0.1) is 23.7 Å². The molecule has 0 fully saturated rings. The summed E-state index contributed by atoms with van der Waals surface area (Å²) >= 11 is 0. The Morgan fingerprint density at radius 1 is 1.03 bits per heavy atom. The lowest BCUT2D eigenvalue weighted by Gasteiger charge is -2.31. The number of hydrogen-bond acceptors (Lipinski definition) is 5. The second-order valence-electron chi connectivity index (χ2n) is 9.13. The number of aromatic nitrogens is 1. The van der Waals surface area contributed by atoms with E-state index in [2.05, 4.69) is 9.88 Å². The highest BCUT2D eigenvalue weighted by Gasteiger charge is 2.38. The van der Waals surface area contributed by atoms with Crippen molar-refractivity contribution in [2.75, 3.05) is 13.7 Å². The number of hydrogen-bond donors (Lipinski definition) is 2. The van der Waals surface area contributed by atoms with Crippen LogP contribution in [0.25, 0.3) is 5.69 Å². The summed E-state index contributed by atoms with van der Waals surface area (Å²) in [6.45, 7) is 11.7. The van der Waals surface area contributed by atoms with E-state index in [0.29, 0.717) is 22.5 Å². The highest BCUT2D eigenvalue weighted by Crippen LogP contribution is 2.39. The van der Waals surface area contributed by atoms with Crippen LogP contribution in [0.3, 0.4) is 0 Å². The third kappa shape index (κ3) is 4.94. The highest BCUT2D eigenvalue weighted by atomic mass is 16.6. The van der Waals surface area contributed by atoms with Crippen molar-refractivity contribution >= 4 is 11.9 Å². The third-order valence-corrected chi connectivity index (χ3v) is 6.28. The Balaban J connectivity index is 2.14. The summed E-state index contributed by atoms with van der Waals surface area (Å²) in [5.74, 6) is -2.36. The number of carbonyl (C=O) groups is 2. The molecule has 2 aromatic rings. The van der Waals surface area contributed by atoms with Crippen LogP contribution in [-0.2, 0) is 19.1 Å². The summed E-state index contributed by atoms with van der Waals surface area (Å²) in [7, 11) is 1.56. The monoisotopic (exact) mass is 466 g/mol. The second-order valence-corrected chi connectivity index (χ2v) is 9.13. The molecule has 7 nitrogen and oxygen atoms in total. The van der Waals surface area contributed by atoms with Gasteiger partial charge in [0.2, 0.25) is 0 Å². The molecule has 2 N–H and O–H groups in total. The molecule has 182 valence electrons. The number of allylic oxidation sites excluding steroid dienone is 2. The van der Waals surface area contributed by atoms with Gasteiger partial charge in [-0.05, 0) is 63.4 Å². The Kier molecular flexibility index (Phi) is 7.67. The number of esters is 1. The Morgan fingerprint density at radius 3 is 2.21 bits per heavy atom. The van der Waals surface area contributed by atoms with Gasteiger partial charge in [0, 0.05) is 35.6 Å². The first-order valence-corrected chi connectivity index (χ1v) is 11.4. The number of carboxylic acids is 1. The van der Waals surface area contributed by atoms with Crippen molar-refractivity contribution in [3.63, 3.8) is 0 Å². The van der Waals surface area contributed by atoms with Crippen LogP contribution in [0.1, 0.15) is 50.6 Å². The molecule has 0 aliphatic carbocycles. The number of aliphatic carboxylic acids is 1. The van der Waals surface area contributed by atoms with Gasteiger partial charge in [-0.1, -0.05) is 26.0 Å². The number of rotatable bonds is 8. The van der Waals surface area contributed by atoms with Crippen molar-refractivity contribution in [1.82, 2.24) is 9.88 Å². The number of aryl methyl sites for hydroxylation is 2. The average molecular weight is 467 g/mol. The van der Waals surface area contributed by atoms with E-state index in [0.717, 1.165) is 17.1 Å². The first-order chi connectivity index (χ1) is 16.1. The van der Waals surface area contributed by atoms with E-state index in [1.165, 1.54) is 0 Å². The van der Waals surface area contributed by atoms with Gasteiger partial charge in [0.15, 0.2) is 0 Å². The molecule has 0 saturated carbocycles. The quantitative estimate of drug-likeness (QED) is 0.552. The predicted molar refractivity (Wildman–Crippen MR) is 131 cm³/mol. The minimum atomic E-state index is -1.08. The molecule has 2 atom stereocenters. The van der Waals surface area contributed by atoms with Crippen molar-refractivity contribution in [1.29, 1.82) is 0 Å². The topological polar surface area (TPSA) is 89.8 Å². The Hall–Kier alpha value is -3.32. The highest BCUT2D eigenvalue weighted by molar-refractivity contribution is 5.99. The van der Waals surface area contributed by atoms with Crippen LogP contribution in [0.4, 0.5) is 0 Å². The molecular weight excluding hydrogens is 432 g/mol. The number of dihydropyridines is 1. The lowest BCUT2D eigenvalue weighted by Crippen LogP contribution is -2.35. The van der Waals surface area contributed by atoms with Crippen molar-refractivity contribution in [2.24, 2.45) is 5.92 Å². The van der Waals surface area contributed by atoms with Gasteiger partial charge in [0.25, 0.3) is 0 Å². The molecule has 7 heteroatoms. The zero-order chi connectivity index (χ0) is 25.2. The number of carboxylic acid groups (broad SMARTS) is 1. The van der Waals surface area contributed by atoms with Crippen molar-refractivity contribution < 1.29 is 24.2 Å². The van der Waals surface area contributed by atoms with E-state index in [9.17, 15) is 14.7 Å². The standard InChI is InChI=1S/C27H34N2O5/c1-15(2)22(14-33-7)34-27(32)24-19(6)28-18(5)23(26(30)31)25(24)20-9-8-10-21(13-20)29-16(3)11-12-17(29)4/h8-13,15,22,25,28H,14H2,1-7H3,(H,30,31). The van der Waals surface area contributed by atoms with Gasteiger partial charge in [-0.3, -0.25) is 0 Å². The van der Waals surface area contributed by atoms with Crippen LogP contribution in [0.15, 0.2) is 58.9 Å². The number of methoxy groups -OCH3 is 1. The summed E-state index contributed by atoms with van der Waals surface area (Å²) in [6, 6.07) is 11.7. The first kappa shape index (κ1) is 25.3. The maximum atomic E-state index is 13.5. The molecule has 0 saturated heterocycles. The molecular formula is C27H34N2O5. The van der Waals surface area contributed by atoms with Gasteiger partial charge in [-0.2, -0.15) is 0 Å². The fourth-order valence-corrected chi connectivity index (χ4v) is 4.53. The lowest BCUT2D eigenvalue weighted by molar-refractivity contribution is -0.149. The van der Waals surface area contributed by atoms with Gasteiger partial charge < -0.3 is 24.5 Å². The lowest BCUT2D eigenvalue weighted by atomic mass is 9.80. The summed E-state index contributed by atoms with van der Waals surface area (Å²) in [6.07, 6.45) is -0.449. The smallest absolute Gasteiger partial charge is 0.337 e. The SMILES string of the molecule is COCC(OC(=O)C1=C(C)NC(C)=C(C(=O)O)C1c1cccc(-n2c(C)ccc2C)c1)C(C)C. The molecule has 0 spiro atoms. The van der Waals surface area contributed by atoms with E-state index < -0.39 is 24.0 Å². The van der Waals surface area contributed by atoms with Gasteiger partial charge in [-0.25, -0.2) is 9.59 Å². The van der Waals surface area contributed by atoms with E-state index in [-0.39, 0.29) is 18.1 Å². The minimum absolute atomic E-state index is 0.0408. The normalized spacial score (nSPS) is 17.1. The van der Waals surface area contributed by atoms with E-state index in [4.69, 9.17) is 9.47 Å². The number of ether oxygens (including phenoxy) is 2. The van der Waals surface area contributed by atoms with E-state index in [1.54, 1.807) is 21.0 Å². The Bertz CT molecular complexity index is 1140.